The van der Waals surface area contributed by atoms with E-state index in [4.69, 9.17) is 0 Å². The maximum absolute atomic E-state index is 13.5. The van der Waals surface area contributed by atoms with E-state index in [0.29, 0.717) is 37.5 Å². The molecule has 0 unspecified atom stereocenters. The monoisotopic (exact) mass is 376 g/mol. The van der Waals surface area contributed by atoms with E-state index in [0.717, 1.165) is 32.5 Å². The second-order valence-corrected chi connectivity index (χ2v) is 8.36. The Kier molecular flexibility index (Phi) is 7.16. The van der Waals surface area contributed by atoms with E-state index in [9.17, 15) is 9.59 Å². The summed E-state index contributed by atoms with van der Waals surface area (Å²) < 4.78 is 0. The SMILES string of the molecule is C=CCNC(=O)N1CCN([C@H](C(=O)N2CCCC[C@@H]2C)C2CCCC2)CC1. The number of hydrogen-bond acceptors (Lipinski definition) is 3. The fourth-order valence-corrected chi connectivity index (χ4v) is 5.00. The highest BCUT2D eigenvalue weighted by molar-refractivity contribution is 5.83. The normalized spacial score (nSPS) is 26.0. The molecule has 3 amide bonds. The van der Waals surface area contributed by atoms with Crippen molar-refractivity contribution in [2.45, 2.75) is 64.0 Å². The summed E-state index contributed by atoms with van der Waals surface area (Å²) in [6.45, 7) is 10.2. The summed E-state index contributed by atoms with van der Waals surface area (Å²) in [4.78, 5) is 32.1. The summed E-state index contributed by atoms with van der Waals surface area (Å²) in [5.74, 6) is 0.825. The van der Waals surface area contributed by atoms with Crippen LogP contribution in [0.5, 0.6) is 0 Å². The first-order valence-electron chi connectivity index (χ1n) is 10.8. The number of hydrogen-bond donors (Lipinski definition) is 1. The third-order valence-corrected chi connectivity index (χ3v) is 6.58. The first-order valence-corrected chi connectivity index (χ1v) is 10.8. The molecule has 0 bridgehead atoms. The van der Waals surface area contributed by atoms with Crippen molar-refractivity contribution in [1.82, 2.24) is 20.0 Å². The molecule has 3 rings (SSSR count). The summed E-state index contributed by atoms with van der Waals surface area (Å²) in [6, 6.07) is 0.343. The van der Waals surface area contributed by atoms with Crippen LogP contribution in [0, 0.1) is 5.92 Å². The standard InChI is InChI=1S/C21H36N4O2/c1-3-11-22-21(27)24-15-13-23(14-16-24)19(18-9-4-5-10-18)20(26)25-12-7-6-8-17(25)2/h3,17-19H,1,4-16H2,2H3,(H,22,27)/t17-,19-/m0/s1. The predicted molar refractivity (Wildman–Crippen MR) is 108 cm³/mol. The molecule has 1 aliphatic carbocycles. The van der Waals surface area contributed by atoms with E-state index in [1.54, 1.807) is 6.08 Å². The van der Waals surface area contributed by atoms with E-state index in [2.05, 4.69) is 28.6 Å². The van der Waals surface area contributed by atoms with Gasteiger partial charge in [-0.25, -0.2) is 4.79 Å². The Bertz CT molecular complexity index is 524. The largest absolute Gasteiger partial charge is 0.339 e. The molecular weight excluding hydrogens is 340 g/mol. The quantitative estimate of drug-likeness (QED) is 0.750. The van der Waals surface area contributed by atoms with Gasteiger partial charge in [0.2, 0.25) is 5.91 Å². The molecular formula is C21H36N4O2. The number of carbonyl (C=O) groups excluding carboxylic acids is 2. The molecule has 0 radical (unpaired) electrons. The van der Waals surface area contributed by atoms with Gasteiger partial charge in [0, 0.05) is 45.3 Å². The molecule has 2 atom stereocenters. The molecule has 3 fully saturated rings. The number of rotatable bonds is 5. The van der Waals surface area contributed by atoms with Crippen molar-refractivity contribution in [3.63, 3.8) is 0 Å². The van der Waals surface area contributed by atoms with Crippen LogP contribution < -0.4 is 5.32 Å². The molecule has 6 nitrogen and oxygen atoms in total. The molecule has 0 spiro atoms. The predicted octanol–water partition coefficient (Wildman–Crippen LogP) is 2.46. The zero-order valence-corrected chi connectivity index (χ0v) is 16.9. The molecule has 2 aliphatic heterocycles. The van der Waals surface area contributed by atoms with Crippen LogP contribution in [-0.2, 0) is 4.79 Å². The van der Waals surface area contributed by atoms with Crippen LogP contribution in [0.1, 0.15) is 51.9 Å². The smallest absolute Gasteiger partial charge is 0.317 e. The van der Waals surface area contributed by atoms with Crippen LogP contribution in [0.4, 0.5) is 4.79 Å². The molecule has 1 N–H and O–H groups in total. The Morgan fingerprint density at radius 3 is 2.33 bits per heavy atom. The van der Waals surface area contributed by atoms with E-state index in [1.165, 1.54) is 32.1 Å². The van der Waals surface area contributed by atoms with Crippen molar-refractivity contribution in [1.29, 1.82) is 0 Å². The molecule has 2 heterocycles. The fraction of sp³-hybridized carbons (Fsp3) is 0.810. The van der Waals surface area contributed by atoms with Crippen molar-refractivity contribution in [2.75, 3.05) is 39.3 Å². The van der Waals surface area contributed by atoms with E-state index in [-0.39, 0.29) is 12.1 Å². The zero-order valence-electron chi connectivity index (χ0n) is 16.9. The second-order valence-electron chi connectivity index (χ2n) is 8.36. The summed E-state index contributed by atoms with van der Waals surface area (Å²) in [5.41, 5.74) is 0. The van der Waals surface area contributed by atoms with Crippen LogP contribution in [0.3, 0.4) is 0 Å². The van der Waals surface area contributed by atoms with Crippen molar-refractivity contribution in [3.8, 4) is 0 Å². The third kappa shape index (κ3) is 4.84. The highest BCUT2D eigenvalue weighted by Crippen LogP contribution is 2.33. The van der Waals surface area contributed by atoms with Crippen LogP contribution in [0.2, 0.25) is 0 Å². The maximum atomic E-state index is 13.5. The number of likely N-dealkylation sites (tertiary alicyclic amines) is 1. The summed E-state index contributed by atoms with van der Waals surface area (Å²) in [5, 5.41) is 2.86. The minimum Gasteiger partial charge on any atom is -0.339 e. The highest BCUT2D eigenvalue weighted by Gasteiger charge is 2.40. The van der Waals surface area contributed by atoms with Gasteiger partial charge in [0.05, 0.1) is 6.04 Å². The van der Waals surface area contributed by atoms with Gasteiger partial charge < -0.3 is 15.1 Å². The van der Waals surface area contributed by atoms with Crippen LogP contribution >= 0.6 is 0 Å². The molecule has 152 valence electrons. The number of piperazine rings is 1. The van der Waals surface area contributed by atoms with Gasteiger partial charge in [-0.3, -0.25) is 9.69 Å². The van der Waals surface area contributed by atoms with Crippen molar-refractivity contribution in [3.05, 3.63) is 12.7 Å². The number of piperidine rings is 1. The van der Waals surface area contributed by atoms with Gasteiger partial charge in [-0.1, -0.05) is 18.9 Å². The van der Waals surface area contributed by atoms with Gasteiger partial charge in [0.25, 0.3) is 0 Å². The topological polar surface area (TPSA) is 55.9 Å². The lowest BCUT2D eigenvalue weighted by Gasteiger charge is -2.44. The summed E-state index contributed by atoms with van der Waals surface area (Å²) >= 11 is 0. The Labute approximate surface area is 163 Å². The Hall–Kier alpha value is -1.56. The number of urea groups is 1. The molecule has 0 aromatic carbocycles. The van der Waals surface area contributed by atoms with Gasteiger partial charge >= 0.3 is 6.03 Å². The number of nitrogens with one attached hydrogen (secondary N) is 1. The van der Waals surface area contributed by atoms with Crippen LogP contribution in [-0.4, -0.2) is 78.0 Å². The van der Waals surface area contributed by atoms with Crippen LogP contribution in [0.15, 0.2) is 12.7 Å². The average molecular weight is 377 g/mol. The molecule has 6 heteroatoms. The molecule has 27 heavy (non-hydrogen) atoms. The molecule has 0 aromatic rings. The third-order valence-electron chi connectivity index (χ3n) is 6.58. The maximum Gasteiger partial charge on any atom is 0.317 e. The van der Waals surface area contributed by atoms with Crippen LogP contribution in [0.25, 0.3) is 0 Å². The minimum atomic E-state index is -0.0251. The van der Waals surface area contributed by atoms with E-state index in [1.807, 2.05) is 4.90 Å². The number of amides is 3. The highest BCUT2D eigenvalue weighted by atomic mass is 16.2. The lowest BCUT2D eigenvalue weighted by Crippen LogP contribution is -2.60. The number of carbonyl (C=O) groups is 2. The van der Waals surface area contributed by atoms with Gasteiger partial charge in [-0.15, -0.1) is 6.58 Å². The summed E-state index contributed by atoms with van der Waals surface area (Å²) in [6.07, 6.45) is 10.0. The Morgan fingerprint density at radius 2 is 1.70 bits per heavy atom. The lowest BCUT2D eigenvalue weighted by atomic mass is 9.92. The first kappa shape index (κ1) is 20.2. The van der Waals surface area contributed by atoms with Crippen molar-refractivity contribution < 1.29 is 9.59 Å². The zero-order chi connectivity index (χ0) is 19.2. The van der Waals surface area contributed by atoms with Gasteiger partial charge in [0.1, 0.15) is 0 Å². The van der Waals surface area contributed by atoms with Gasteiger partial charge in [0.15, 0.2) is 0 Å². The molecule has 2 saturated heterocycles. The molecule has 0 aromatic heterocycles. The Morgan fingerprint density at radius 1 is 1.04 bits per heavy atom. The van der Waals surface area contributed by atoms with Crippen molar-refractivity contribution >= 4 is 11.9 Å². The Balaban J connectivity index is 1.64. The number of nitrogens with zero attached hydrogens (tertiary/aromatic N) is 3. The van der Waals surface area contributed by atoms with Crippen molar-refractivity contribution in [2.24, 2.45) is 5.92 Å². The fourth-order valence-electron chi connectivity index (χ4n) is 5.00. The second kappa shape index (κ2) is 9.58. The summed E-state index contributed by atoms with van der Waals surface area (Å²) in [7, 11) is 0. The molecule has 3 aliphatic rings. The van der Waals surface area contributed by atoms with Gasteiger partial charge in [-0.2, -0.15) is 0 Å². The van der Waals surface area contributed by atoms with E-state index < -0.39 is 0 Å². The molecule has 1 saturated carbocycles. The lowest BCUT2D eigenvalue weighted by molar-refractivity contribution is -0.143. The average Bonchev–Trinajstić information content (AvgIpc) is 3.21. The van der Waals surface area contributed by atoms with E-state index >= 15 is 0 Å². The minimum absolute atomic E-state index is 0.00596. The first-order chi connectivity index (χ1) is 13.1. The van der Waals surface area contributed by atoms with Gasteiger partial charge in [-0.05, 0) is 44.9 Å².